The Morgan fingerprint density at radius 1 is 1.00 bits per heavy atom. The van der Waals surface area contributed by atoms with Crippen molar-refractivity contribution in [1.29, 1.82) is 0 Å². The number of aromatic nitrogens is 1. The SMILES string of the molecule is O=C(NCCC(=O)N1CCc2ccccc21)N1CCc2c([nH]c3ccccc23)C1. The fourth-order valence-electron chi connectivity index (χ4n) is 4.49. The summed E-state index contributed by atoms with van der Waals surface area (Å²) in [5.41, 5.74) is 5.76. The summed E-state index contributed by atoms with van der Waals surface area (Å²) in [5.74, 6) is 0.0618. The number of nitrogens with zero attached hydrogens (tertiary/aromatic N) is 2. The van der Waals surface area contributed by atoms with Crippen LogP contribution in [0.2, 0.25) is 0 Å². The summed E-state index contributed by atoms with van der Waals surface area (Å²) in [5, 5.41) is 4.17. The van der Waals surface area contributed by atoms with E-state index in [9.17, 15) is 9.59 Å². The second-order valence-corrected chi connectivity index (χ2v) is 7.71. The summed E-state index contributed by atoms with van der Waals surface area (Å²) in [4.78, 5) is 32.3. The van der Waals surface area contributed by atoms with Crippen LogP contribution < -0.4 is 10.2 Å². The molecule has 0 aliphatic carbocycles. The number of benzene rings is 2. The van der Waals surface area contributed by atoms with Gasteiger partial charge in [0, 0.05) is 48.3 Å². The van der Waals surface area contributed by atoms with Gasteiger partial charge >= 0.3 is 6.03 Å². The van der Waals surface area contributed by atoms with Gasteiger partial charge in [-0.15, -0.1) is 0 Å². The number of H-pyrrole nitrogens is 1. The Hall–Kier alpha value is -3.28. The Balaban J connectivity index is 1.16. The van der Waals surface area contributed by atoms with Gasteiger partial charge in [-0.2, -0.15) is 0 Å². The molecule has 6 nitrogen and oxygen atoms in total. The minimum Gasteiger partial charge on any atom is -0.357 e. The number of hydrogen-bond acceptors (Lipinski definition) is 2. The van der Waals surface area contributed by atoms with Gasteiger partial charge < -0.3 is 20.1 Å². The lowest BCUT2D eigenvalue weighted by molar-refractivity contribution is -0.118. The summed E-state index contributed by atoms with van der Waals surface area (Å²) < 4.78 is 0. The van der Waals surface area contributed by atoms with Crippen LogP contribution in [0, 0.1) is 0 Å². The molecule has 6 heteroatoms. The minimum absolute atomic E-state index is 0.0618. The van der Waals surface area contributed by atoms with E-state index in [0.29, 0.717) is 26.1 Å². The zero-order chi connectivity index (χ0) is 19.8. The molecule has 0 atom stereocenters. The van der Waals surface area contributed by atoms with E-state index in [-0.39, 0.29) is 11.9 Å². The van der Waals surface area contributed by atoms with E-state index in [1.165, 1.54) is 16.5 Å². The first-order valence-corrected chi connectivity index (χ1v) is 10.2. The van der Waals surface area contributed by atoms with Gasteiger partial charge in [0.25, 0.3) is 0 Å². The first kappa shape index (κ1) is 17.8. The van der Waals surface area contributed by atoms with Crippen molar-refractivity contribution in [2.75, 3.05) is 24.5 Å². The summed E-state index contributed by atoms with van der Waals surface area (Å²) in [6.07, 6.45) is 2.05. The molecule has 0 fully saturated rings. The van der Waals surface area contributed by atoms with E-state index >= 15 is 0 Å². The highest BCUT2D eigenvalue weighted by Crippen LogP contribution is 2.28. The quantitative estimate of drug-likeness (QED) is 0.723. The van der Waals surface area contributed by atoms with E-state index in [0.717, 1.165) is 36.3 Å². The van der Waals surface area contributed by atoms with E-state index in [1.54, 1.807) is 0 Å². The first-order valence-electron chi connectivity index (χ1n) is 10.2. The molecule has 5 rings (SSSR count). The van der Waals surface area contributed by atoms with Crippen molar-refractivity contribution in [1.82, 2.24) is 15.2 Å². The average Bonchev–Trinajstić information content (AvgIpc) is 3.34. The highest BCUT2D eigenvalue weighted by Gasteiger charge is 2.25. The number of urea groups is 1. The van der Waals surface area contributed by atoms with Crippen LogP contribution in [0.3, 0.4) is 0 Å². The molecule has 3 heterocycles. The number of para-hydroxylation sites is 2. The summed E-state index contributed by atoms with van der Waals surface area (Å²) >= 11 is 0. The summed E-state index contributed by atoms with van der Waals surface area (Å²) in [7, 11) is 0. The lowest BCUT2D eigenvalue weighted by Gasteiger charge is -2.27. The molecule has 0 radical (unpaired) electrons. The fraction of sp³-hybridized carbons (Fsp3) is 0.304. The Bertz CT molecular complexity index is 1090. The van der Waals surface area contributed by atoms with Crippen molar-refractivity contribution in [2.24, 2.45) is 0 Å². The van der Waals surface area contributed by atoms with Crippen molar-refractivity contribution in [3.05, 3.63) is 65.4 Å². The second kappa shape index (κ2) is 7.28. The van der Waals surface area contributed by atoms with E-state index in [2.05, 4.69) is 28.5 Å². The van der Waals surface area contributed by atoms with Crippen molar-refractivity contribution >= 4 is 28.5 Å². The molecule has 0 unspecified atom stereocenters. The molecular formula is C23H24N4O2. The van der Waals surface area contributed by atoms with Crippen molar-refractivity contribution < 1.29 is 9.59 Å². The van der Waals surface area contributed by atoms with Crippen LogP contribution in [0.1, 0.15) is 23.2 Å². The largest absolute Gasteiger partial charge is 0.357 e. The number of aromatic amines is 1. The van der Waals surface area contributed by atoms with Crippen LogP contribution in [-0.2, 0) is 24.2 Å². The predicted molar refractivity (Wildman–Crippen MR) is 113 cm³/mol. The van der Waals surface area contributed by atoms with Crippen LogP contribution in [0.25, 0.3) is 10.9 Å². The molecule has 2 N–H and O–H groups in total. The monoisotopic (exact) mass is 388 g/mol. The Morgan fingerprint density at radius 3 is 2.76 bits per heavy atom. The zero-order valence-electron chi connectivity index (χ0n) is 16.3. The van der Waals surface area contributed by atoms with Gasteiger partial charge in [0.2, 0.25) is 5.91 Å². The van der Waals surface area contributed by atoms with Gasteiger partial charge in [0.05, 0.1) is 6.54 Å². The number of anilines is 1. The molecule has 0 saturated carbocycles. The van der Waals surface area contributed by atoms with Crippen molar-refractivity contribution in [2.45, 2.75) is 25.8 Å². The summed E-state index contributed by atoms with van der Waals surface area (Å²) in [6.45, 7) is 2.34. The third kappa shape index (κ3) is 3.24. The highest BCUT2D eigenvalue weighted by molar-refractivity contribution is 5.95. The Labute approximate surface area is 169 Å². The predicted octanol–water partition coefficient (Wildman–Crippen LogP) is 3.22. The van der Waals surface area contributed by atoms with Gasteiger partial charge in [-0.25, -0.2) is 4.79 Å². The standard InChI is InChI=1S/C23H24N4O2/c28-22(27-14-10-16-5-1-4-8-21(16)27)9-12-24-23(29)26-13-11-18-17-6-2-3-7-19(17)25-20(18)15-26/h1-8,25H,9-15H2,(H,24,29). The second-order valence-electron chi connectivity index (χ2n) is 7.71. The molecule has 2 aliphatic heterocycles. The number of carbonyl (C=O) groups is 2. The molecular weight excluding hydrogens is 364 g/mol. The number of fused-ring (bicyclic) bond motifs is 4. The maximum absolute atomic E-state index is 12.6. The molecule has 29 heavy (non-hydrogen) atoms. The highest BCUT2D eigenvalue weighted by atomic mass is 16.2. The Morgan fingerprint density at radius 2 is 1.83 bits per heavy atom. The molecule has 1 aromatic heterocycles. The van der Waals surface area contributed by atoms with Gasteiger partial charge in [0.1, 0.15) is 0 Å². The molecule has 0 spiro atoms. The first-order chi connectivity index (χ1) is 14.2. The van der Waals surface area contributed by atoms with Gasteiger partial charge in [-0.3, -0.25) is 4.79 Å². The van der Waals surface area contributed by atoms with Crippen LogP contribution in [0.4, 0.5) is 10.5 Å². The number of amides is 3. The van der Waals surface area contributed by atoms with Crippen LogP contribution >= 0.6 is 0 Å². The average molecular weight is 388 g/mol. The van der Waals surface area contributed by atoms with Crippen LogP contribution in [0.15, 0.2) is 48.5 Å². The van der Waals surface area contributed by atoms with E-state index < -0.39 is 0 Å². The number of carbonyl (C=O) groups excluding carboxylic acids is 2. The van der Waals surface area contributed by atoms with Crippen molar-refractivity contribution in [3.63, 3.8) is 0 Å². The maximum Gasteiger partial charge on any atom is 0.317 e. The normalized spacial score (nSPS) is 15.3. The molecule has 0 saturated heterocycles. The lowest BCUT2D eigenvalue weighted by Crippen LogP contribution is -2.44. The van der Waals surface area contributed by atoms with Crippen LogP contribution in [-0.4, -0.2) is 41.5 Å². The number of nitrogens with one attached hydrogen (secondary N) is 2. The number of hydrogen-bond donors (Lipinski definition) is 2. The van der Waals surface area contributed by atoms with E-state index in [4.69, 9.17) is 0 Å². The fourth-order valence-corrected chi connectivity index (χ4v) is 4.49. The zero-order valence-corrected chi connectivity index (χ0v) is 16.3. The smallest absolute Gasteiger partial charge is 0.317 e. The molecule has 148 valence electrons. The molecule has 2 aliphatic rings. The third-order valence-corrected chi connectivity index (χ3v) is 5.97. The molecule has 2 aromatic carbocycles. The number of rotatable bonds is 3. The topological polar surface area (TPSA) is 68.4 Å². The van der Waals surface area contributed by atoms with E-state index in [1.807, 2.05) is 40.1 Å². The van der Waals surface area contributed by atoms with Crippen LogP contribution in [0.5, 0.6) is 0 Å². The lowest BCUT2D eigenvalue weighted by atomic mass is 10.0. The van der Waals surface area contributed by atoms with Gasteiger partial charge in [-0.05, 0) is 36.1 Å². The molecule has 3 aromatic rings. The minimum atomic E-state index is -0.107. The third-order valence-electron chi connectivity index (χ3n) is 5.97. The molecule has 0 bridgehead atoms. The van der Waals surface area contributed by atoms with Crippen molar-refractivity contribution in [3.8, 4) is 0 Å². The maximum atomic E-state index is 12.6. The van der Waals surface area contributed by atoms with Gasteiger partial charge in [0.15, 0.2) is 0 Å². The summed E-state index contributed by atoms with van der Waals surface area (Å²) in [6, 6.07) is 16.2. The van der Waals surface area contributed by atoms with Gasteiger partial charge in [-0.1, -0.05) is 36.4 Å². The molecule has 3 amide bonds. The Kier molecular flexibility index (Phi) is 4.46.